The summed E-state index contributed by atoms with van der Waals surface area (Å²) in [6.07, 6.45) is 0.536. The molecule has 2 amide bonds. The number of nitrogens with zero attached hydrogens (tertiary/aromatic N) is 1. The van der Waals surface area contributed by atoms with E-state index in [9.17, 15) is 9.59 Å². The van der Waals surface area contributed by atoms with Gasteiger partial charge >= 0.3 is 0 Å². The molecule has 0 fully saturated rings. The molecule has 0 saturated heterocycles. The van der Waals surface area contributed by atoms with Crippen LogP contribution >= 0.6 is 23.4 Å². The zero-order valence-corrected chi connectivity index (χ0v) is 18.6. The zero-order chi connectivity index (χ0) is 21.2. The van der Waals surface area contributed by atoms with Gasteiger partial charge in [0.05, 0.1) is 12.9 Å². The van der Waals surface area contributed by atoms with E-state index in [2.05, 4.69) is 5.32 Å². The Labute approximate surface area is 181 Å². The Bertz CT molecular complexity index is 831. The zero-order valence-electron chi connectivity index (χ0n) is 17.0. The molecule has 0 bridgehead atoms. The van der Waals surface area contributed by atoms with Crippen LogP contribution in [0.15, 0.2) is 48.5 Å². The van der Waals surface area contributed by atoms with E-state index in [0.29, 0.717) is 23.7 Å². The van der Waals surface area contributed by atoms with Crippen LogP contribution in [0.1, 0.15) is 24.5 Å². The summed E-state index contributed by atoms with van der Waals surface area (Å²) in [5.41, 5.74) is 1.98. The van der Waals surface area contributed by atoms with E-state index in [1.807, 2.05) is 55.5 Å². The molecule has 7 heteroatoms. The third-order valence-electron chi connectivity index (χ3n) is 4.50. The molecule has 2 aromatic rings. The molecular weight excluding hydrogens is 408 g/mol. The highest BCUT2D eigenvalue weighted by molar-refractivity contribution is 7.99. The van der Waals surface area contributed by atoms with E-state index in [1.165, 1.54) is 11.8 Å². The molecule has 0 saturated carbocycles. The van der Waals surface area contributed by atoms with Crippen LogP contribution < -0.4 is 10.1 Å². The minimum absolute atomic E-state index is 0.0738. The first-order valence-electron chi connectivity index (χ1n) is 9.44. The van der Waals surface area contributed by atoms with Crippen LogP contribution in [0, 0.1) is 0 Å². The number of halogens is 1. The van der Waals surface area contributed by atoms with Crippen molar-refractivity contribution in [3.63, 3.8) is 0 Å². The lowest BCUT2D eigenvalue weighted by Crippen LogP contribution is -2.48. The fraction of sp³-hybridized carbons (Fsp3) is 0.364. The second kappa shape index (κ2) is 11.7. The van der Waals surface area contributed by atoms with Gasteiger partial charge in [-0.2, -0.15) is 0 Å². The van der Waals surface area contributed by atoms with Gasteiger partial charge in [0.15, 0.2) is 0 Å². The Morgan fingerprint density at radius 2 is 1.90 bits per heavy atom. The molecule has 29 heavy (non-hydrogen) atoms. The summed E-state index contributed by atoms with van der Waals surface area (Å²) < 4.78 is 5.28. The normalized spacial score (nSPS) is 11.6. The monoisotopic (exact) mass is 434 g/mol. The molecule has 2 aromatic carbocycles. The summed E-state index contributed by atoms with van der Waals surface area (Å²) >= 11 is 7.53. The van der Waals surface area contributed by atoms with Crippen molar-refractivity contribution in [2.45, 2.75) is 31.7 Å². The molecule has 0 aliphatic carbocycles. The van der Waals surface area contributed by atoms with Crippen molar-refractivity contribution in [1.29, 1.82) is 0 Å². The lowest BCUT2D eigenvalue weighted by atomic mass is 10.1. The standard InChI is InChI=1S/C22H27ClN2O3S/c1-4-20(22(27)24-2)25(13-16-7-6-10-19(12-16)28-3)21(26)15-29-14-17-8-5-9-18(23)11-17/h5-12,20H,4,13-15H2,1-3H3,(H,24,27)/t20-/m1/s1. The molecule has 2 rings (SSSR count). The lowest BCUT2D eigenvalue weighted by molar-refractivity contribution is -0.139. The topological polar surface area (TPSA) is 58.6 Å². The van der Waals surface area contributed by atoms with Gasteiger partial charge in [-0.3, -0.25) is 9.59 Å². The maximum Gasteiger partial charge on any atom is 0.242 e. The number of hydrogen-bond acceptors (Lipinski definition) is 4. The van der Waals surface area contributed by atoms with Crippen LogP contribution in [0.5, 0.6) is 5.75 Å². The fourth-order valence-electron chi connectivity index (χ4n) is 3.02. The number of likely N-dealkylation sites (N-methyl/N-ethyl adjacent to an activating group) is 1. The molecule has 0 aromatic heterocycles. The predicted molar refractivity (Wildman–Crippen MR) is 119 cm³/mol. The summed E-state index contributed by atoms with van der Waals surface area (Å²) in [6, 6.07) is 14.6. The number of amides is 2. The molecule has 0 aliphatic rings. The van der Waals surface area contributed by atoms with Crippen LogP contribution in [-0.2, 0) is 21.9 Å². The van der Waals surface area contributed by atoms with Gasteiger partial charge < -0.3 is 15.0 Å². The van der Waals surface area contributed by atoms with Crippen LogP contribution in [-0.4, -0.2) is 42.7 Å². The Hall–Kier alpha value is -2.18. The molecule has 156 valence electrons. The minimum atomic E-state index is -0.523. The summed E-state index contributed by atoms with van der Waals surface area (Å²) in [5.74, 6) is 1.44. The quantitative estimate of drug-likeness (QED) is 0.610. The van der Waals surface area contributed by atoms with Crippen LogP contribution in [0.2, 0.25) is 5.02 Å². The van der Waals surface area contributed by atoms with Crippen LogP contribution in [0.3, 0.4) is 0 Å². The minimum Gasteiger partial charge on any atom is -0.497 e. The van der Waals surface area contributed by atoms with Crippen molar-refractivity contribution in [3.05, 3.63) is 64.7 Å². The number of rotatable bonds is 10. The second-order valence-electron chi connectivity index (χ2n) is 6.53. The SMILES string of the molecule is CC[C@H](C(=O)NC)N(Cc1cccc(OC)c1)C(=O)CSCc1cccc(Cl)c1. The largest absolute Gasteiger partial charge is 0.497 e. The van der Waals surface area contributed by atoms with E-state index in [0.717, 1.165) is 16.9 Å². The molecular formula is C22H27ClN2O3S. The van der Waals surface area contributed by atoms with Gasteiger partial charge in [-0.15, -0.1) is 11.8 Å². The maximum atomic E-state index is 13.0. The lowest BCUT2D eigenvalue weighted by Gasteiger charge is -2.30. The highest BCUT2D eigenvalue weighted by Crippen LogP contribution is 2.20. The summed E-state index contributed by atoms with van der Waals surface area (Å²) in [6.45, 7) is 2.25. The number of thioether (sulfide) groups is 1. The van der Waals surface area contributed by atoms with Crippen molar-refractivity contribution in [3.8, 4) is 5.75 Å². The van der Waals surface area contributed by atoms with Gasteiger partial charge in [0, 0.05) is 24.4 Å². The Balaban J connectivity index is 2.12. The van der Waals surface area contributed by atoms with Crippen molar-refractivity contribution >= 4 is 35.2 Å². The number of benzene rings is 2. The van der Waals surface area contributed by atoms with Crippen molar-refractivity contribution in [1.82, 2.24) is 10.2 Å². The van der Waals surface area contributed by atoms with Gasteiger partial charge in [-0.05, 0) is 41.8 Å². The van der Waals surface area contributed by atoms with E-state index in [1.54, 1.807) is 19.1 Å². The molecule has 0 unspecified atom stereocenters. The first-order chi connectivity index (χ1) is 14.0. The third kappa shape index (κ3) is 6.98. The summed E-state index contributed by atoms with van der Waals surface area (Å²) in [5, 5.41) is 3.35. The molecule has 0 aliphatic heterocycles. The number of carbonyl (C=O) groups is 2. The Morgan fingerprint density at radius 1 is 1.17 bits per heavy atom. The smallest absolute Gasteiger partial charge is 0.242 e. The van der Waals surface area contributed by atoms with Crippen LogP contribution in [0.25, 0.3) is 0 Å². The highest BCUT2D eigenvalue weighted by Gasteiger charge is 2.27. The highest BCUT2D eigenvalue weighted by atomic mass is 35.5. The number of nitrogens with one attached hydrogen (secondary N) is 1. The Kier molecular flexibility index (Phi) is 9.35. The molecule has 1 atom stereocenters. The van der Waals surface area contributed by atoms with E-state index in [-0.39, 0.29) is 17.6 Å². The average Bonchev–Trinajstić information content (AvgIpc) is 2.73. The van der Waals surface area contributed by atoms with Gasteiger partial charge in [0.25, 0.3) is 0 Å². The van der Waals surface area contributed by atoms with Crippen molar-refractivity contribution < 1.29 is 14.3 Å². The van der Waals surface area contributed by atoms with Crippen molar-refractivity contribution in [2.75, 3.05) is 19.9 Å². The van der Waals surface area contributed by atoms with E-state index in [4.69, 9.17) is 16.3 Å². The summed E-state index contributed by atoms with van der Waals surface area (Å²) in [4.78, 5) is 27.1. The van der Waals surface area contributed by atoms with Gasteiger partial charge in [0.2, 0.25) is 11.8 Å². The fourth-order valence-corrected chi connectivity index (χ4v) is 4.09. The van der Waals surface area contributed by atoms with Crippen molar-refractivity contribution in [2.24, 2.45) is 0 Å². The molecule has 5 nitrogen and oxygen atoms in total. The van der Waals surface area contributed by atoms with Gasteiger partial charge in [-0.1, -0.05) is 42.8 Å². The van der Waals surface area contributed by atoms with Crippen LogP contribution in [0.4, 0.5) is 0 Å². The average molecular weight is 435 g/mol. The predicted octanol–water partition coefficient (Wildman–Crippen LogP) is 4.14. The number of carbonyl (C=O) groups excluding carboxylic acids is 2. The van der Waals surface area contributed by atoms with E-state index < -0.39 is 6.04 Å². The first kappa shape index (κ1) is 23.1. The number of hydrogen-bond donors (Lipinski definition) is 1. The molecule has 0 radical (unpaired) electrons. The number of ether oxygens (including phenoxy) is 1. The van der Waals surface area contributed by atoms with Gasteiger partial charge in [0.1, 0.15) is 11.8 Å². The maximum absolute atomic E-state index is 13.0. The first-order valence-corrected chi connectivity index (χ1v) is 11.0. The van der Waals surface area contributed by atoms with E-state index >= 15 is 0 Å². The van der Waals surface area contributed by atoms with Gasteiger partial charge in [-0.25, -0.2) is 0 Å². The molecule has 1 N–H and O–H groups in total. The summed E-state index contributed by atoms with van der Waals surface area (Å²) in [7, 11) is 3.20. The molecule has 0 spiro atoms. The molecule has 0 heterocycles. The third-order valence-corrected chi connectivity index (χ3v) is 5.73. The number of methoxy groups -OCH3 is 1. The second-order valence-corrected chi connectivity index (χ2v) is 7.96. The Morgan fingerprint density at radius 3 is 2.55 bits per heavy atom.